The molecule has 3 heteroatoms. The predicted molar refractivity (Wildman–Crippen MR) is 47.8 cm³/mol. The summed E-state index contributed by atoms with van der Waals surface area (Å²) in [4.78, 5) is 0.387. The van der Waals surface area contributed by atoms with Gasteiger partial charge in [0.2, 0.25) is 0 Å². The summed E-state index contributed by atoms with van der Waals surface area (Å²) in [5.74, 6) is 0. The van der Waals surface area contributed by atoms with Crippen LogP contribution in [-0.2, 0) is 4.74 Å². The van der Waals surface area contributed by atoms with Gasteiger partial charge in [-0.3, -0.25) is 0 Å². The van der Waals surface area contributed by atoms with Crippen LogP contribution in [0.2, 0.25) is 0 Å². The molecule has 64 valence electrons. The van der Waals surface area contributed by atoms with Gasteiger partial charge in [0.25, 0.3) is 0 Å². The summed E-state index contributed by atoms with van der Waals surface area (Å²) in [6.45, 7) is 5.34. The summed E-state index contributed by atoms with van der Waals surface area (Å²) in [6.07, 6.45) is 2.37. The van der Waals surface area contributed by atoms with Crippen molar-refractivity contribution in [3.05, 3.63) is 0 Å². The number of thioether (sulfide) groups is 1. The summed E-state index contributed by atoms with van der Waals surface area (Å²) >= 11 is 2.10. The Morgan fingerprint density at radius 3 is 2.73 bits per heavy atom. The lowest BCUT2D eigenvalue weighted by atomic mass is 10.1. The lowest BCUT2D eigenvalue weighted by molar-refractivity contribution is 0.0712. The van der Waals surface area contributed by atoms with Gasteiger partial charge in [0.1, 0.15) is 0 Å². The highest BCUT2D eigenvalue weighted by molar-refractivity contribution is 8.01. The van der Waals surface area contributed by atoms with Crippen molar-refractivity contribution in [2.24, 2.45) is 0 Å². The van der Waals surface area contributed by atoms with Gasteiger partial charge in [-0.15, -0.1) is 11.8 Å². The molecule has 2 aliphatic heterocycles. The van der Waals surface area contributed by atoms with Crippen LogP contribution in [0.4, 0.5) is 0 Å². The van der Waals surface area contributed by atoms with Gasteiger partial charge in [0.05, 0.1) is 4.87 Å². The van der Waals surface area contributed by atoms with Gasteiger partial charge in [-0.1, -0.05) is 6.92 Å². The summed E-state index contributed by atoms with van der Waals surface area (Å²) in [5, 5.41) is 4.39. The Labute approximate surface area is 72.1 Å². The number of ether oxygens (including phenoxy) is 1. The number of rotatable bonds is 0. The van der Waals surface area contributed by atoms with Gasteiger partial charge in [-0.2, -0.15) is 0 Å². The van der Waals surface area contributed by atoms with Gasteiger partial charge >= 0.3 is 0 Å². The molecule has 0 amide bonds. The van der Waals surface area contributed by atoms with Crippen molar-refractivity contribution in [3.8, 4) is 0 Å². The van der Waals surface area contributed by atoms with Crippen molar-refractivity contribution in [2.75, 3.05) is 19.8 Å². The molecule has 0 saturated carbocycles. The first kappa shape index (κ1) is 7.90. The molecule has 2 rings (SSSR count). The van der Waals surface area contributed by atoms with Crippen LogP contribution < -0.4 is 5.32 Å². The molecular formula is C8H15NOS. The Morgan fingerprint density at radius 2 is 2.18 bits per heavy atom. The molecule has 2 nitrogen and oxygen atoms in total. The number of hydrogen-bond acceptors (Lipinski definition) is 3. The largest absolute Gasteiger partial charge is 0.381 e. The summed E-state index contributed by atoms with van der Waals surface area (Å²) in [5.41, 5.74) is 0. The highest BCUT2D eigenvalue weighted by Gasteiger charge is 2.38. The molecule has 0 bridgehead atoms. The van der Waals surface area contributed by atoms with E-state index in [1.165, 1.54) is 19.4 Å². The van der Waals surface area contributed by atoms with Gasteiger partial charge in [-0.25, -0.2) is 0 Å². The Kier molecular flexibility index (Phi) is 2.12. The van der Waals surface area contributed by atoms with Crippen LogP contribution >= 0.6 is 11.8 Å². The highest BCUT2D eigenvalue weighted by atomic mass is 32.2. The van der Waals surface area contributed by atoms with Crippen LogP contribution in [0.3, 0.4) is 0 Å². The standard InChI is InChI=1S/C8H15NOS/c1-7-6-9-8(11-7)2-4-10-5-3-8/h7,9H,2-6H2,1H3. The van der Waals surface area contributed by atoms with Gasteiger partial charge in [0, 0.05) is 25.0 Å². The third-order valence-corrected chi connectivity index (χ3v) is 4.01. The third kappa shape index (κ3) is 1.55. The maximum absolute atomic E-state index is 5.34. The highest BCUT2D eigenvalue weighted by Crippen LogP contribution is 2.39. The van der Waals surface area contributed by atoms with E-state index >= 15 is 0 Å². The van der Waals surface area contributed by atoms with Crippen molar-refractivity contribution in [1.29, 1.82) is 0 Å². The zero-order chi connectivity index (χ0) is 7.73. The maximum Gasteiger partial charge on any atom is 0.0692 e. The number of nitrogens with one attached hydrogen (secondary N) is 1. The number of hydrogen-bond donors (Lipinski definition) is 1. The lowest BCUT2D eigenvalue weighted by Gasteiger charge is -2.32. The molecule has 0 aromatic carbocycles. The van der Waals surface area contributed by atoms with E-state index in [4.69, 9.17) is 4.74 Å². The second kappa shape index (κ2) is 2.96. The van der Waals surface area contributed by atoms with Crippen LogP contribution in [0.15, 0.2) is 0 Å². The van der Waals surface area contributed by atoms with Crippen LogP contribution in [0.25, 0.3) is 0 Å². The van der Waals surface area contributed by atoms with Crippen molar-refractivity contribution in [1.82, 2.24) is 5.32 Å². The fraction of sp³-hybridized carbons (Fsp3) is 1.00. The van der Waals surface area contributed by atoms with Gasteiger partial charge in [0.15, 0.2) is 0 Å². The summed E-state index contributed by atoms with van der Waals surface area (Å²) in [6, 6.07) is 0. The third-order valence-electron chi connectivity index (χ3n) is 2.44. The maximum atomic E-state index is 5.34. The SMILES string of the molecule is CC1CNC2(CCOCC2)S1. The van der Waals surface area contributed by atoms with E-state index < -0.39 is 0 Å². The summed E-state index contributed by atoms with van der Waals surface area (Å²) in [7, 11) is 0. The average Bonchev–Trinajstić information content (AvgIpc) is 2.34. The van der Waals surface area contributed by atoms with Crippen molar-refractivity contribution < 1.29 is 4.74 Å². The normalized spacial score (nSPS) is 36.3. The predicted octanol–water partition coefficient (Wildman–Crippen LogP) is 1.22. The molecule has 0 radical (unpaired) electrons. The Bertz CT molecular complexity index is 140. The zero-order valence-electron chi connectivity index (χ0n) is 6.93. The first-order valence-corrected chi connectivity index (χ1v) is 5.19. The van der Waals surface area contributed by atoms with Crippen LogP contribution in [0, 0.1) is 0 Å². The fourth-order valence-electron chi connectivity index (χ4n) is 1.79. The molecule has 1 N–H and O–H groups in total. The molecule has 2 heterocycles. The molecule has 0 aromatic rings. The van der Waals surface area contributed by atoms with Crippen LogP contribution in [0.1, 0.15) is 19.8 Å². The van der Waals surface area contributed by atoms with Crippen molar-refractivity contribution in [2.45, 2.75) is 29.9 Å². The molecule has 1 spiro atoms. The van der Waals surface area contributed by atoms with E-state index in [0.29, 0.717) is 4.87 Å². The molecular weight excluding hydrogens is 158 g/mol. The molecule has 11 heavy (non-hydrogen) atoms. The quantitative estimate of drug-likeness (QED) is 0.595. The topological polar surface area (TPSA) is 21.3 Å². The molecule has 2 fully saturated rings. The Morgan fingerprint density at radius 1 is 1.45 bits per heavy atom. The molecule has 0 aromatic heterocycles. The molecule has 2 aliphatic rings. The monoisotopic (exact) mass is 173 g/mol. The zero-order valence-corrected chi connectivity index (χ0v) is 7.75. The Balaban J connectivity index is 1.98. The second-order valence-electron chi connectivity index (χ2n) is 3.42. The van der Waals surface area contributed by atoms with Gasteiger partial charge < -0.3 is 10.1 Å². The summed E-state index contributed by atoms with van der Waals surface area (Å²) < 4.78 is 5.34. The molecule has 1 unspecified atom stereocenters. The van der Waals surface area contributed by atoms with E-state index in [1.807, 2.05) is 0 Å². The molecule has 2 saturated heterocycles. The second-order valence-corrected chi connectivity index (χ2v) is 5.24. The van der Waals surface area contributed by atoms with Gasteiger partial charge in [-0.05, 0) is 12.8 Å². The van der Waals surface area contributed by atoms with E-state index in [9.17, 15) is 0 Å². The van der Waals surface area contributed by atoms with E-state index in [2.05, 4.69) is 24.0 Å². The minimum atomic E-state index is 0.387. The molecule has 0 aliphatic carbocycles. The average molecular weight is 173 g/mol. The van der Waals surface area contributed by atoms with Crippen molar-refractivity contribution in [3.63, 3.8) is 0 Å². The minimum Gasteiger partial charge on any atom is -0.381 e. The van der Waals surface area contributed by atoms with Crippen molar-refractivity contribution >= 4 is 11.8 Å². The first-order valence-electron chi connectivity index (χ1n) is 4.31. The molecule has 1 atom stereocenters. The van der Waals surface area contributed by atoms with E-state index in [-0.39, 0.29) is 0 Å². The van der Waals surface area contributed by atoms with E-state index in [1.54, 1.807) is 0 Å². The van der Waals surface area contributed by atoms with E-state index in [0.717, 1.165) is 18.5 Å². The smallest absolute Gasteiger partial charge is 0.0692 e. The minimum absolute atomic E-state index is 0.387. The lowest BCUT2D eigenvalue weighted by Crippen LogP contribution is -2.42. The Hall–Kier alpha value is 0.270. The first-order chi connectivity index (χ1) is 5.31. The fourth-order valence-corrected chi connectivity index (χ4v) is 3.30. The van der Waals surface area contributed by atoms with Crippen LogP contribution in [0.5, 0.6) is 0 Å². The van der Waals surface area contributed by atoms with Crippen LogP contribution in [-0.4, -0.2) is 29.9 Å².